The number of hydrogen-bond acceptors (Lipinski definition) is 5. The summed E-state index contributed by atoms with van der Waals surface area (Å²) in [6.07, 6.45) is 1.53. The number of hydrogen-bond donors (Lipinski definition) is 2. The van der Waals surface area contributed by atoms with Crippen molar-refractivity contribution in [1.29, 1.82) is 0 Å². The number of carbonyl (C=O) groups excluding carboxylic acids is 2. The molecule has 0 spiro atoms. The van der Waals surface area contributed by atoms with Gasteiger partial charge in [-0.15, -0.1) is 0 Å². The van der Waals surface area contributed by atoms with Crippen molar-refractivity contribution in [2.24, 2.45) is 0 Å². The van der Waals surface area contributed by atoms with Crippen molar-refractivity contribution in [2.45, 2.75) is 24.2 Å². The van der Waals surface area contributed by atoms with Crippen molar-refractivity contribution in [3.05, 3.63) is 78.4 Å². The summed E-state index contributed by atoms with van der Waals surface area (Å²) in [4.78, 5) is 26.2. The van der Waals surface area contributed by atoms with Gasteiger partial charge in [-0.05, 0) is 54.4 Å². The normalized spacial score (nSPS) is 13.6. The van der Waals surface area contributed by atoms with Gasteiger partial charge in [0.05, 0.1) is 24.1 Å². The first-order valence-electron chi connectivity index (χ1n) is 10.8. The number of nitrogens with zero attached hydrogens (tertiary/aromatic N) is 1. The minimum atomic E-state index is -3.89. The first-order valence-corrected chi connectivity index (χ1v) is 12.3. The van der Waals surface area contributed by atoms with Crippen molar-refractivity contribution in [1.82, 2.24) is 0 Å². The first kappa shape index (κ1) is 23.3. The van der Waals surface area contributed by atoms with E-state index >= 15 is 0 Å². The van der Waals surface area contributed by atoms with E-state index in [4.69, 9.17) is 4.74 Å². The maximum atomic E-state index is 12.9. The number of rotatable bonds is 8. The number of para-hydroxylation sites is 2. The lowest BCUT2D eigenvalue weighted by molar-refractivity contribution is -0.117. The van der Waals surface area contributed by atoms with E-state index in [0.29, 0.717) is 30.1 Å². The van der Waals surface area contributed by atoms with E-state index in [-0.39, 0.29) is 23.1 Å². The molecule has 34 heavy (non-hydrogen) atoms. The van der Waals surface area contributed by atoms with E-state index in [1.54, 1.807) is 41.3 Å². The van der Waals surface area contributed by atoms with Crippen LogP contribution in [0.2, 0.25) is 0 Å². The topological polar surface area (TPSA) is 105 Å². The zero-order valence-electron chi connectivity index (χ0n) is 18.7. The lowest BCUT2D eigenvalue weighted by Gasteiger charge is -2.16. The van der Waals surface area contributed by atoms with Gasteiger partial charge in [0.2, 0.25) is 11.8 Å². The number of sulfonamides is 1. The second-order valence-corrected chi connectivity index (χ2v) is 9.56. The van der Waals surface area contributed by atoms with Gasteiger partial charge in [-0.25, -0.2) is 8.42 Å². The van der Waals surface area contributed by atoms with Crippen LogP contribution in [-0.4, -0.2) is 33.9 Å². The van der Waals surface area contributed by atoms with Gasteiger partial charge < -0.3 is 15.0 Å². The summed E-state index contributed by atoms with van der Waals surface area (Å²) in [5.74, 6) is 0.230. The molecule has 0 atom stereocenters. The van der Waals surface area contributed by atoms with Gasteiger partial charge >= 0.3 is 0 Å². The molecule has 8 nitrogen and oxygen atoms in total. The molecule has 1 heterocycles. The number of amides is 2. The van der Waals surface area contributed by atoms with Crippen molar-refractivity contribution in [3.8, 4) is 5.75 Å². The number of carbonyl (C=O) groups is 2. The smallest absolute Gasteiger partial charge is 0.262 e. The molecule has 2 N–H and O–H groups in total. The largest absolute Gasteiger partial charge is 0.495 e. The molecule has 0 aromatic heterocycles. The lowest BCUT2D eigenvalue weighted by Crippen LogP contribution is -2.23. The van der Waals surface area contributed by atoms with Crippen molar-refractivity contribution in [3.63, 3.8) is 0 Å². The van der Waals surface area contributed by atoms with Gasteiger partial charge in [0.1, 0.15) is 5.75 Å². The molecule has 0 unspecified atom stereocenters. The SMILES string of the molecule is COc1ccccc1NS(=O)(=O)c1cccc(NC(=O)Cc2ccc(N3CCCC3=O)cc2)c1. The Bertz CT molecular complexity index is 1310. The maximum absolute atomic E-state index is 12.9. The third-order valence-corrected chi connectivity index (χ3v) is 6.83. The molecule has 1 fully saturated rings. The molecule has 1 aliphatic rings. The summed E-state index contributed by atoms with van der Waals surface area (Å²) < 4.78 is 33.4. The number of methoxy groups -OCH3 is 1. The van der Waals surface area contributed by atoms with E-state index in [1.165, 1.54) is 19.2 Å². The van der Waals surface area contributed by atoms with E-state index in [0.717, 1.165) is 17.7 Å². The number of nitrogens with one attached hydrogen (secondary N) is 2. The molecule has 0 bridgehead atoms. The predicted molar refractivity (Wildman–Crippen MR) is 131 cm³/mol. The van der Waals surface area contributed by atoms with Crippen LogP contribution >= 0.6 is 0 Å². The Labute approximate surface area is 198 Å². The van der Waals surface area contributed by atoms with Crippen LogP contribution in [0.5, 0.6) is 5.75 Å². The monoisotopic (exact) mass is 479 g/mol. The highest BCUT2D eigenvalue weighted by Gasteiger charge is 2.21. The Morgan fingerprint density at radius 2 is 1.79 bits per heavy atom. The fourth-order valence-electron chi connectivity index (χ4n) is 3.78. The summed E-state index contributed by atoms with van der Waals surface area (Å²) in [5, 5.41) is 2.75. The highest BCUT2D eigenvalue weighted by atomic mass is 32.2. The molecule has 176 valence electrons. The molecule has 0 saturated carbocycles. The molecule has 3 aromatic rings. The molecular formula is C25H25N3O5S. The molecule has 9 heteroatoms. The summed E-state index contributed by atoms with van der Waals surface area (Å²) in [6.45, 7) is 0.712. The molecule has 1 saturated heterocycles. The van der Waals surface area contributed by atoms with Crippen LogP contribution < -0.4 is 19.7 Å². The average molecular weight is 480 g/mol. The van der Waals surface area contributed by atoms with Gasteiger partial charge in [-0.1, -0.05) is 30.3 Å². The Morgan fingerprint density at radius 1 is 1.03 bits per heavy atom. The molecule has 0 radical (unpaired) electrons. The fraction of sp³-hybridized carbons (Fsp3) is 0.200. The summed E-state index contributed by atoms with van der Waals surface area (Å²) in [6, 6.07) is 20.1. The van der Waals surface area contributed by atoms with Crippen LogP contribution in [0.25, 0.3) is 0 Å². The van der Waals surface area contributed by atoms with Gasteiger partial charge in [0, 0.05) is 24.3 Å². The van der Waals surface area contributed by atoms with Crippen LogP contribution in [0, 0.1) is 0 Å². The van der Waals surface area contributed by atoms with Crippen molar-refractivity contribution < 1.29 is 22.7 Å². The molecule has 1 aliphatic heterocycles. The van der Waals surface area contributed by atoms with E-state index in [2.05, 4.69) is 10.0 Å². The Morgan fingerprint density at radius 3 is 2.50 bits per heavy atom. The summed E-state index contributed by atoms with van der Waals surface area (Å²) in [7, 11) is -2.43. The molecular weight excluding hydrogens is 454 g/mol. The minimum absolute atomic E-state index is 0.0100. The van der Waals surface area contributed by atoms with Gasteiger partial charge in [0.25, 0.3) is 10.0 Å². The molecule has 4 rings (SSSR count). The molecule has 3 aromatic carbocycles. The molecule has 0 aliphatic carbocycles. The van der Waals surface area contributed by atoms with Crippen molar-refractivity contribution >= 4 is 38.9 Å². The predicted octanol–water partition coefficient (Wildman–Crippen LogP) is 3.80. The maximum Gasteiger partial charge on any atom is 0.262 e. The Hall–Kier alpha value is -3.85. The van der Waals surface area contributed by atoms with Gasteiger partial charge in [0.15, 0.2) is 0 Å². The highest BCUT2D eigenvalue weighted by molar-refractivity contribution is 7.92. The first-order chi connectivity index (χ1) is 16.4. The average Bonchev–Trinajstić information content (AvgIpc) is 3.25. The third-order valence-electron chi connectivity index (χ3n) is 5.47. The summed E-state index contributed by atoms with van der Waals surface area (Å²) in [5.41, 5.74) is 2.30. The second kappa shape index (κ2) is 9.96. The lowest BCUT2D eigenvalue weighted by atomic mass is 10.1. The minimum Gasteiger partial charge on any atom is -0.495 e. The standard InChI is InChI=1S/C25H25N3O5S/c1-33-23-9-3-2-8-22(23)27-34(31,32)21-7-4-6-19(17-21)26-24(29)16-18-11-13-20(14-12-18)28-15-5-10-25(28)30/h2-4,6-9,11-14,17,27H,5,10,15-16H2,1H3,(H,26,29). The van der Waals surface area contributed by atoms with Gasteiger partial charge in [-0.3, -0.25) is 14.3 Å². The molecule has 2 amide bonds. The Kier molecular flexibility index (Phi) is 6.83. The van der Waals surface area contributed by atoms with E-state index < -0.39 is 10.0 Å². The van der Waals surface area contributed by atoms with Gasteiger partial charge in [-0.2, -0.15) is 0 Å². The third kappa shape index (κ3) is 5.37. The number of anilines is 3. The second-order valence-electron chi connectivity index (χ2n) is 7.87. The number of ether oxygens (including phenoxy) is 1. The van der Waals surface area contributed by atoms with Crippen LogP contribution in [0.15, 0.2) is 77.7 Å². The van der Waals surface area contributed by atoms with E-state index in [9.17, 15) is 18.0 Å². The van der Waals surface area contributed by atoms with Crippen LogP contribution in [0.3, 0.4) is 0 Å². The zero-order valence-corrected chi connectivity index (χ0v) is 19.5. The Balaban J connectivity index is 1.41. The summed E-state index contributed by atoms with van der Waals surface area (Å²) >= 11 is 0. The quantitative estimate of drug-likeness (QED) is 0.511. The van der Waals surface area contributed by atoms with Crippen molar-refractivity contribution in [2.75, 3.05) is 28.6 Å². The zero-order chi connectivity index (χ0) is 24.1. The van der Waals surface area contributed by atoms with Crippen LogP contribution in [0.4, 0.5) is 17.1 Å². The highest BCUT2D eigenvalue weighted by Crippen LogP contribution is 2.27. The van der Waals surface area contributed by atoms with Crippen LogP contribution in [-0.2, 0) is 26.0 Å². The van der Waals surface area contributed by atoms with E-state index in [1.807, 2.05) is 24.3 Å². The fourth-order valence-corrected chi connectivity index (χ4v) is 4.89. The van der Waals surface area contributed by atoms with Crippen LogP contribution in [0.1, 0.15) is 18.4 Å². The number of benzene rings is 3.